The second kappa shape index (κ2) is 6.10. The molecular formula is C14H20Cl2N4O. The molecule has 1 heterocycles. The topological polar surface area (TPSA) is 98.4 Å². The predicted molar refractivity (Wildman–Crippen MR) is 86.6 cm³/mol. The lowest BCUT2D eigenvalue weighted by molar-refractivity contribution is -0.126. The molecule has 7 heteroatoms. The number of benzene rings is 1. The highest BCUT2D eigenvalue weighted by molar-refractivity contribution is 6.43. The maximum absolute atomic E-state index is 12.6. The van der Waals surface area contributed by atoms with Crippen LogP contribution in [0.1, 0.15) is 19.8 Å². The zero-order valence-corrected chi connectivity index (χ0v) is 13.4. The maximum atomic E-state index is 12.6. The summed E-state index contributed by atoms with van der Waals surface area (Å²) in [5.74, 6) is -0.300. The number of Topliss-reactive ketones (excluding diaryl/α,β-unsaturated/α-hetero) is 1. The minimum Gasteiger partial charge on any atom is -0.345 e. The summed E-state index contributed by atoms with van der Waals surface area (Å²) in [7, 11) is 0. The van der Waals surface area contributed by atoms with Gasteiger partial charge in [-0.05, 0) is 31.9 Å². The van der Waals surface area contributed by atoms with Crippen molar-refractivity contribution in [1.82, 2.24) is 0 Å². The van der Waals surface area contributed by atoms with E-state index in [1.54, 1.807) is 30.0 Å². The third-order valence-corrected chi connectivity index (χ3v) is 4.75. The molecule has 3 atom stereocenters. The molecule has 5 nitrogen and oxygen atoms in total. The van der Waals surface area contributed by atoms with Gasteiger partial charge in [-0.1, -0.05) is 29.3 Å². The number of anilines is 1. The highest BCUT2D eigenvalue weighted by Gasteiger charge is 2.49. The van der Waals surface area contributed by atoms with E-state index >= 15 is 0 Å². The average molecular weight is 331 g/mol. The van der Waals surface area contributed by atoms with E-state index in [1.807, 2.05) is 0 Å². The first kappa shape index (κ1) is 16.5. The lowest BCUT2D eigenvalue weighted by atomic mass is 9.84. The van der Waals surface area contributed by atoms with Crippen molar-refractivity contribution in [2.45, 2.75) is 37.5 Å². The van der Waals surface area contributed by atoms with Crippen LogP contribution in [-0.4, -0.2) is 30.1 Å². The first-order chi connectivity index (χ1) is 9.80. The molecule has 2 rings (SSSR count). The fourth-order valence-corrected chi connectivity index (χ4v) is 3.17. The number of carbonyl (C=O) groups excluding carboxylic acids is 1. The summed E-state index contributed by atoms with van der Waals surface area (Å²) in [5.41, 5.74) is 17.5. The quantitative estimate of drug-likeness (QED) is 0.779. The summed E-state index contributed by atoms with van der Waals surface area (Å²) in [6, 6.07) is 4.01. The molecule has 0 saturated carbocycles. The summed E-state index contributed by atoms with van der Waals surface area (Å²) in [4.78, 5) is 14.3. The molecule has 1 saturated heterocycles. The van der Waals surface area contributed by atoms with Crippen molar-refractivity contribution in [2.75, 3.05) is 11.4 Å². The molecule has 0 aliphatic carbocycles. The van der Waals surface area contributed by atoms with E-state index in [0.717, 1.165) is 6.42 Å². The minimum atomic E-state index is -1.37. The van der Waals surface area contributed by atoms with Gasteiger partial charge in [-0.15, -0.1) is 0 Å². The predicted octanol–water partition coefficient (Wildman–Crippen LogP) is 1.49. The number of hydrogen-bond acceptors (Lipinski definition) is 5. The van der Waals surface area contributed by atoms with Gasteiger partial charge in [-0.3, -0.25) is 4.79 Å². The highest BCUT2D eigenvalue weighted by atomic mass is 35.5. The number of nitrogens with zero attached hydrogens (tertiary/aromatic N) is 1. The Kier molecular flexibility index (Phi) is 4.80. The first-order valence-electron chi connectivity index (χ1n) is 6.86. The van der Waals surface area contributed by atoms with Gasteiger partial charge in [0.25, 0.3) is 0 Å². The van der Waals surface area contributed by atoms with Crippen molar-refractivity contribution in [2.24, 2.45) is 17.2 Å². The van der Waals surface area contributed by atoms with Crippen LogP contribution in [0.25, 0.3) is 0 Å². The SMILES string of the molecule is CC(N)C(=O)C1(N)C(N)CCCN1c1cccc(Cl)c1Cl. The van der Waals surface area contributed by atoms with Gasteiger partial charge in [0.2, 0.25) is 0 Å². The zero-order chi connectivity index (χ0) is 15.8. The Morgan fingerprint density at radius 2 is 2.14 bits per heavy atom. The monoisotopic (exact) mass is 330 g/mol. The van der Waals surface area contributed by atoms with E-state index in [9.17, 15) is 4.79 Å². The van der Waals surface area contributed by atoms with Crippen LogP contribution in [0.15, 0.2) is 18.2 Å². The fourth-order valence-electron chi connectivity index (χ4n) is 2.78. The van der Waals surface area contributed by atoms with E-state index in [-0.39, 0.29) is 5.78 Å². The molecular weight excluding hydrogens is 311 g/mol. The van der Waals surface area contributed by atoms with Gasteiger partial charge in [0.1, 0.15) is 0 Å². The van der Waals surface area contributed by atoms with E-state index in [2.05, 4.69) is 0 Å². The third kappa shape index (κ3) is 2.76. The average Bonchev–Trinajstić information content (AvgIpc) is 2.44. The van der Waals surface area contributed by atoms with Crippen molar-refractivity contribution in [3.63, 3.8) is 0 Å². The van der Waals surface area contributed by atoms with Crippen molar-refractivity contribution in [3.8, 4) is 0 Å². The first-order valence-corrected chi connectivity index (χ1v) is 7.61. The normalized spacial score (nSPS) is 27.5. The van der Waals surface area contributed by atoms with Crippen LogP contribution in [0.5, 0.6) is 0 Å². The Bertz CT molecular complexity index is 552. The maximum Gasteiger partial charge on any atom is 0.190 e. The molecule has 3 unspecified atom stereocenters. The lowest BCUT2D eigenvalue weighted by Gasteiger charge is -2.49. The Morgan fingerprint density at radius 3 is 2.76 bits per heavy atom. The lowest BCUT2D eigenvalue weighted by Crippen LogP contribution is -2.75. The van der Waals surface area contributed by atoms with Crippen molar-refractivity contribution >= 4 is 34.7 Å². The smallest absolute Gasteiger partial charge is 0.190 e. The molecule has 1 aliphatic heterocycles. The van der Waals surface area contributed by atoms with E-state index in [1.165, 1.54) is 0 Å². The molecule has 1 fully saturated rings. The molecule has 1 aromatic rings. The van der Waals surface area contributed by atoms with Crippen molar-refractivity contribution in [1.29, 1.82) is 0 Å². The van der Waals surface area contributed by atoms with Gasteiger partial charge in [-0.2, -0.15) is 0 Å². The molecule has 116 valence electrons. The number of hydrogen-bond donors (Lipinski definition) is 3. The molecule has 1 aliphatic rings. The molecule has 21 heavy (non-hydrogen) atoms. The Balaban J connectivity index is 2.53. The summed E-state index contributed by atoms with van der Waals surface area (Å²) in [6.45, 7) is 2.18. The van der Waals surface area contributed by atoms with Gasteiger partial charge in [0, 0.05) is 12.6 Å². The summed E-state index contributed by atoms with van der Waals surface area (Å²) < 4.78 is 0. The number of nitrogens with two attached hydrogens (primary N) is 3. The molecule has 6 N–H and O–H groups in total. The number of carbonyl (C=O) groups is 1. The molecule has 0 amide bonds. The standard InChI is InChI=1S/C14H20Cl2N4O/c1-8(17)13(21)14(19)11(18)6-3-7-20(14)10-5-2-4-9(15)12(10)16/h2,4-5,8,11H,3,6-7,17-19H2,1H3. The fraction of sp³-hybridized carbons (Fsp3) is 0.500. The molecule has 0 aromatic heterocycles. The largest absolute Gasteiger partial charge is 0.345 e. The molecule has 0 spiro atoms. The van der Waals surface area contributed by atoms with Gasteiger partial charge < -0.3 is 22.1 Å². The van der Waals surface area contributed by atoms with Crippen molar-refractivity contribution in [3.05, 3.63) is 28.2 Å². The van der Waals surface area contributed by atoms with Gasteiger partial charge in [0.15, 0.2) is 11.4 Å². The van der Waals surface area contributed by atoms with E-state index < -0.39 is 17.7 Å². The zero-order valence-electron chi connectivity index (χ0n) is 11.9. The molecule has 0 radical (unpaired) electrons. The summed E-state index contributed by atoms with van der Waals surface area (Å²) in [6.07, 6.45) is 1.47. The molecule has 0 bridgehead atoms. The van der Waals surface area contributed by atoms with E-state index in [0.29, 0.717) is 28.7 Å². The Hall–Kier alpha value is -0.850. The summed E-state index contributed by atoms with van der Waals surface area (Å²) >= 11 is 12.3. The molecule has 1 aromatic carbocycles. The number of ketones is 1. The van der Waals surface area contributed by atoms with Crippen molar-refractivity contribution < 1.29 is 4.79 Å². The van der Waals surface area contributed by atoms with Crippen LogP contribution in [0.2, 0.25) is 10.0 Å². The Labute approximate surface area is 134 Å². The van der Waals surface area contributed by atoms with Crippen LogP contribution in [0.4, 0.5) is 5.69 Å². The van der Waals surface area contributed by atoms with Gasteiger partial charge in [-0.25, -0.2) is 0 Å². The number of halogens is 2. The van der Waals surface area contributed by atoms with Gasteiger partial charge in [0.05, 0.1) is 21.8 Å². The third-order valence-electron chi connectivity index (χ3n) is 3.94. The van der Waals surface area contributed by atoms with Crippen LogP contribution >= 0.6 is 23.2 Å². The van der Waals surface area contributed by atoms with Gasteiger partial charge >= 0.3 is 0 Å². The second-order valence-electron chi connectivity index (χ2n) is 5.45. The highest BCUT2D eigenvalue weighted by Crippen LogP contribution is 2.38. The summed E-state index contributed by atoms with van der Waals surface area (Å²) in [5, 5.41) is 0.768. The van der Waals surface area contributed by atoms with E-state index in [4.69, 9.17) is 40.4 Å². The number of piperidine rings is 1. The van der Waals surface area contributed by atoms with Crippen LogP contribution in [-0.2, 0) is 4.79 Å². The minimum absolute atomic E-state index is 0.300. The Morgan fingerprint density at radius 1 is 1.48 bits per heavy atom. The van der Waals surface area contributed by atoms with Crippen LogP contribution in [0.3, 0.4) is 0 Å². The van der Waals surface area contributed by atoms with Crippen LogP contribution in [0, 0.1) is 0 Å². The second-order valence-corrected chi connectivity index (χ2v) is 6.24. The number of rotatable bonds is 3. The van der Waals surface area contributed by atoms with Crippen LogP contribution < -0.4 is 22.1 Å².